The molecule has 3 aromatic rings. The van der Waals surface area contributed by atoms with Gasteiger partial charge in [-0.2, -0.15) is 10.1 Å². The third-order valence-electron chi connectivity index (χ3n) is 2.99. The summed E-state index contributed by atoms with van der Waals surface area (Å²) in [5.74, 6) is 0.205. The van der Waals surface area contributed by atoms with E-state index in [1.807, 2.05) is 60.7 Å². The quantitative estimate of drug-likeness (QED) is 0.710. The van der Waals surface area contributed by atoms with E-state index in [1.165, 1.54) is 18.1 Å². The van der Waals surface area contributed by atoms with Crippen molar-refractivity contribution in [2.45, 2.75) is 10.1 Å². The predicted molar refractivity (Wildman–Crippen MR) is 86.5 cm³/mol. The van der Waals surface area contributed by atoms with Gasteiger partial charge in [0.15, 0.2) is 0 Å². The number of carbonyl (C=O) groups is 1. The second kappa shape index (κ2) is 6.91. The molecule has 0 radical (unpaired) electrons. The van der Waals surface area contributed by atoms with E-state index < -0.39 is 0 Å². The molecule has 1 aromatic heterocycles. The fourth-order valence-electron chi connectivity index (χ4n) is 1.98. The van der Waals surface area contributed by atoms with Crippen molar-refractivity contribution < 1.29 is 4.79 Å². The van der Waals surface area contributed by atoms with Gasteiger partial charge in [0.05, 0.1) is 0 Å². The summed E-state index contributed by atoms with van der Waals surface area (Å²) in [5.41, 5.74) is 0.938. The minimum atomic E-state index is -0.367. The Balaban J connectivity index is 1.84. The average molecular weight is 310 g/mol. The number of hydrogen-bond acceptors (Lipinski definition) is 4. The summed E-state index contributed by atoms with van der Waals surface area (Å²) in [6, 6.07) is 19.5. The maximum absolute atomic E-state index is 12.6. The Hall–Kier alpha value is -2.60. The Bertz CT molecular complexity index is 716. The summed E-state index contributed by atoms with van der Waals surface area (Å²) < 4.78 is 0. The van der Waals surface area contributed by atoms with E-state index in [2.05, 4.69) is 20.5 Å². The highest BCUT2D eigenvalue weighted by molar-refractivity contribution is 8.00. The number of aromatic nitrogens is 3. The molecular formula is C16H14N4OS. The fourth-order valence-corrected chi connectivity index (χ4v) is 3.03. The number of amides is 1. The smallest absolute Gasteiger partial charge is 0.244 e. The molecule has 0 aliphatic rings. The van der Waals surface area contributed by atoms with Crippen LogP contribution in [-0.2, 0) is 4.79 Å². The van der Waals surface area contributed by atoms with E-state index in [0.717, 1.165) is 10.5 Å². The van der Waals surface area contributed by atoms with Crippen molar-refractivity contribution in [2.24, 2.45) is 0 Å². The number of nitrogens with one attached hydrogen (secondary N) is 2. The molecule has 0 bridgehead atoms. The molecule has 22 heavy (non-hydrogen) atoms. The highest BCUT2D eigenvalue weighted by atomic mass is 32.2. The molecule has 2 N–H and O–H groups in total. The van der Waals surface area contributed by atoms with E-state index in [4.69, 9.17) is 0 Å². The summed E-state index contributed by atoms with van der Waals surface area (Å²) in [7, 11) is 0. The lowest BCUT2D eigenvalue weighted by atomic mass is 10.1. The molecule has 0 aliphatic carbocycles. The van der Waals surface area contributed by atoms with Crippen LogP contribution in [0, 0.1) is 0 Å². The number of anilines is 1. The van der Waals surface area contributed by atoms with E-state index in [-0.39, 0.29) is 11.2 Å². The highest BCUT2D eigenvalue weighted by Crippen LogP contribution is 2.35. The zero-order valence-corrected chi connectivity index (χ0v) is 12.5. The molecule has 1 amide bonds. The van der Waals surface area contributed by atoms with Crippen molar-refractivity contribution in [3.05, 3.63) is 72.6 Å². The van der Waals surface area contributed by atoms with Crippen LogP contribution in [0.5, 0.6) is 0 Å². The average Bonchev–Trinajstić information content (AvgIpc) is 3.07. The molecule has 5 nitrogen and oxygen atoms in total. The van der Waals surface area contributed by atoms with Crippen molar-refractivity contribution in [1.82, 2.24) is 15.2 Å². The lowest BCUT2D eigenvalue weighted by molar-refractivity contribution is -0.115. The van der Waals surface area contributed by atoms with Crippen LogP contribution in [0.4, 0.5) is 5.95 Å². The van der Waals surface area contributed by atoms with E-state index >= 15 is 0 Å². The number of rotatable bonds is 5. The number of nitrogens with zero attached hydrogens (tertiary/aromatic N) is 2. The van der Waals surface area contributed by atoms with Gasteiger partial charge in [0, 0.05) is 4.90 Å². The van der Waals surface area contributed by atoms with Crippen LogP contribution in [0.25, 0.3) is 0 Å². The van der Waals surface area contributed by atoms with Gasteiger partial charge in [0.2, 0.25) is 11.9 Å². The molecule has 0 saturated carbocycles. The molecule has 2 aromatic carbocycles. The first-order valence-electron chi connectivity index (χ1n) is 6.76. The van der Waals surface area contributed by atoms with Crippen molar-refractivity contribution in [3.63, 3.8) is 0 Å². The van der Waals surface area contributed by atoms with Crippen molar-refractivity contribution in [3.8, 4) is 0 Å². The Morgan fingerprint density at radius 2 is 1.73 bits per heavy atom. The first kappa shape index (κ1) is 14.3. The van der Waals surface area contributed by atoms with Gasteiger partial charge in [-0.3, -0.25) is 10.1 Å². The van der Waals surface area contributed by atoms with Gasteiger partial charge in [-0.1, -0.05) is 48.5 Å². The molecule has 0 unspecified atom stereocenters. The van der Waals surface area contributed by atoms with Gasteiger partial charge in [-0.15, -0.1) is 11.8 Å². The van der Waals surface area contributed by atoms with Crippen LogP contribution in [0.2, 0.25) is 0 Å². The highest BCUT2D eigenvalue weighted by Gasteiger charge is 2.22. The third kappa shape index (κ3) is 3.53. The van der Waals surface area contributed by atoms with Gasteiger partial charge in [-0.05, 0) is 17.7 Å². The summed E-state index contributed by atoms with van der Waals surface area (Å²) >= 11 is 1.50. The molecule has 6 heteroatoms. The SMILES string of the molecule is O=C(Nc1ncn[nH]1)[C@@H](Sc1ccccc1)c1ccccc1. The molecule has 1 heterocycles. The lowest BCUT2D eigenvalue weighted by Gasteiger charge is -2.16. The molecule has 110 valence electrons. The van der Waals surface area contributed by atoms with Crippen LogP contribution >= 0.6 is 11.8 Å². The Kier molecular flexibility index (Phi) is 4.50. The van der Waals surface area contributed by atoms with Crippen molar-refractivity contribution in [1.29, 1.82) is 0 Å². The summed E-state index contributed by atoms with van der Waals surface area (Å²) in [6.07, 6.45) is 1.36. The summed E-state index contributed by atoms with van der Waals surface area (Å²) in [5, 5.41) is 8.75. The number of thioether (sulfide) groups is 1. The van der Waals surface area contributed by atoms with Gasteiger partial charge in [0.1, 0.15) is 11.6 Å². The lowest BCUT2D eigenvalue weighted by Crippen LogP contribution is -2.19. The topological polar surface area (TPSA) is 70.7 Å². The predicted octanol–water partition coefficient (Wildman–Crippen LogP) is 3.28. The maximum Gasteiger partial charge on any atom is 0.244 e. The number of benzene rings is 2. The standard InChI is InChI=1S/C16H14N4OS/c21-15(19-16-17-11-18-20-16)14(12-7-3-1-4-8-12)22-13-9-5-2-6-10-13/h1-11,14H,(H2,17,18,19,20,21)/t14-/m0/s1. The number of aromatic amines is 1. The van der Waals surface area contributed by atoms with Gasteiger partial charge >= 0.3 is 0 Å². The molecule has 0 fully saturated rings. The van der Waals surface area contributed by atoms with Crippen LogP contribution in [0.15, 0.2) is 71.9 Å². The Morgan fingerprint density at radius 3 is 2.36 bits per heavy atom. The molecule has 0 spiro atoms. The first-order chi connectivity index (χ1) is 10.8. The van der Waals surface area contributed by atoms with Crippen LogP contribution in [0.3, 0.4) is 0 Å². The molecule has 0 saturated heterocycles. The normalized spacial score (nSPS) is 11.8. The monoisotopic (exact) mass is 310 g/mol. The summed E-state index contributed by atoms with van der Waals surface area (Å²) in [4.78, 5) is 17.6. The van der Waals surface area contributed by atoms with E-state index in [0.29, 0.717) is 5.95 Å². The van der Waals surface area contributed by atoms with Gasteiger partial charge in [0.25, 0.3) is 0 Å². The molecule has 1 atom stereocenters. The van der Waals surface area contributed by atoms with E-state index in [9.17, 15) is 4.79 Å². The zero-order valence-electron chi connectivity index (χ0n) is 11.6. The number of hydrogen-bond donors (Lipinski definition) is 2. The van der Waals surface area contributed by atoms with Crippen LogP contribution in [0.1, 0.15) is 10.8 Å². The van der Waals surface area contributed by atoms with Crippen LogP contribution in [-0.4, -0.2) is 21.1 Å². The van der Waals surface area contributed by atoms with Gasteiger partial charge in [-0.25, -0.2) is 5.10 Å². The first-order valence-corrected chi connectivity index (χ1v) is 7.64. The minimum Gasteiger partial charge on any atom is -0.294 e. The fraction of sp³-hybridized carbons (Fsp3) is 0.0625. The minimum absolute atomic E-state index is 0.142. The summed E-state index contributed by atoms with van der Waals surface area (Å²) in [6.45, 7) is 0. The molecular weight excluding hydrogens is 296 g/mol. The molecule has 3 rings (SSSR count). The second-order valence-corrected chi connectivity index (χ2v) is 5.72. The zero-order chi connectivity index (χ0) is 15.2. The van der Waals surface area contributed by atoms with E-state index in [1.54, 1.807) is 0 Å². The maximum atomic E-state index is 12.6. The van der Waals surface area contributed by atoms with Gasteiger partial charge < -0.3 is 0 Å². The van der Waals surface area contributed by atoms with Crippen molar-refractivity contribution in [2.75, 3.05) is 5.32 Å². The second-order valence-electron chi connectivity index (χ2n) is 4.54. The Morgan fingerprint density at radius 1 is 1.05 bits per heavy atom. The number of carbonyl (C=O) groups excluding carboxylic acids is 1. The Labute approximate surface area is 132 Å². The molecule has 0 aliphatic heterocycles. The largest absolute Gasteiger partial charge is 0.294 e. The third-order valence-corrected chi connectivity index (χ3v) is 4.26. The van der Waals surface area contributed by atoms with Crippen molar-refractivity contribution >= 4 is 23.6 Å². The number of H-pyrrole nitrogens is 1. The van der Waals surface area contributed by atoms with Crippen LogP contribution < -0.4 is 5.32 Å².